The Kier molecular flexibility index (Phi) is 3.49. The van der Waals surface area contributed by atoms with Crippen molar-refractivity contribution < 1.29 is 4.74 Å². The zero-order valence-corrected chi connectivity index (χ0v) is 11.0. The molecule has 1 fully saturated rings. The van der Waals surface area contributed by atoms with Crippen LogP contribution in [0.15, 0.2) is 0 Å². The van der Waals surface area contributed by atoms with E-state index >= 15 is 0 Å². The van der Waals surface area contributed by atoms with Gasteiger partial charge in [0.05, 0.1) is 11.2 Å². The quantitative estimate of drug-likeness (QED) is 0.776. The van der Waals surface area contributed by atoms with Crippen LogP contribution in [0.2, 0.25) is 0 Å². The third-order valence-electron chi connectivity index (χ3n) is 3.13. The van der Waals surface area contributed by atoms with Crippen LogP contribution in [-0.4, -0.2) is 41.8 Å². The van der Waals surface area contributed by atoms with Crippen molar-refractivity contribution in [1.29, 1.82) is 0 Å². The third kappa shape index (κ3) is 3.16. The maximum Gasteiger partial charge on any atom is 0.0789 e. The molecule has 0 spiro atoms. The summed E-state index contributed by atoms with van der Waals surface area (Å²) in [5, 5.41) is 0. The second kappa shape index (κ2) is 4.04. The van der Waals surface area contributed by atoms with Gasteiger partial charge in [0.25, 0.3) is 0 Å². The third-order valence-corrected chi connectivity index (χ3v) is 3.13. The van der Waals surface area contributed by atoms with Gasteiger partial charge in [-0.15, -0.1) is 0 Å². The fourth-order valence-electron chi connectivity index (χ4n) is 2.80. The van der Waals surface area contributed by atoms with Crippen LogP contribution in [0.5, 0.6) is 0 Å². The van der Waals surface area contributed by atoms with Crippen molar-refractivity contribution >= 4 is 0 Å². The maximum absolute atomic E-state index is 6.07. The first-order chi connectivity index (χ1) is 6.64. The van der Waals surface area contributed by atoms with Gasteiger partial charge in [-0.3, -0.25) is 4.90 Å². The molecule has 2 unspecified atom stereocenters. The van der Waals surface area contributed by atoms with Crippen molar-refractivity contribution in [2.45, 2.75) is 64.3 Å². The van der Waals surface area contributed by atoms with E-state index in [0.717, 1.165) is 13.0 Å². The monoisotopic (exact) mass is 214 g/mol. The molecule has 1 rings (SSSR count). The van der Waals surface area contributed by atoms with Crippen LogP contribution >= 0.6 is 0 Å². The maximum atomic E-state index is 6.07. The van der Waals surface area contributed by atoms with E-state index in [0.29, 0.717) is 6.04 Å². The topological polar surface area (TPSA) is 38.5 Å². The summed E-state index contributed by atoms with van der Waals surface area (Å²) in [5.74, 6) is 0. The van der Waals surface area contributed by atoms with Gasteiger partial charge in [0.2, 0.25) is 0 Å². The Balaban J connectivity index is 2.69. The molecule has 15 heavy (non-hydrogen) atoms. The number of nitrogens with zero attached hydrogens (tertiary/aromatic N) is 1. The van der Waals surface area contributed by atoms with Gasteiger partial charge in [-0.1, -0.05) is 0 Å². The summed E-state index contributed by atoms with van der Waals surface area (Å²) in [6.45, 7) is 11.6. The molecule has 2 atom stereocenters. The molecule has 0 aromatic heterocycles. The molecule has 3 nitrogen and oxygen atoms in total. The van der Waals surface area contributed by atoms with Crippen molar-refractivity contribution in [3.8, 4) is 0 Å². The largest absolute Gasteiger partial charge is 0.368 e. The summed E-state index contributed by atoms with van der Waals surface area (Å²) >= 11 is 0. The zero-order chi connectivity index (χ0) is 11.9. The average molecular weight is 214 g/mol. The van der Waals surface area contributed by atoms with Crippen LogP contribution in [0.1, 0.15) is 41.0 Å². The summed E-state index contributed by atoms with van der Waals surface area (Å²) in [6, 6.07) is 0.674. The Bertz CT molecular complexity index is 224. The Morgan fingerprint density at radius 1 is 1.40 bits per heavy atom. The van der Waals surface area contributed by atoms with Gasteiger partial charge in [-0.05, 0) is 48.1 Å². The van der Waals surface area contributed by atoms with Gasteiger partial charge in [0.15, 0.2) is 0 Å². The lowest BCUT2D eigenvalue weighted by Gasteiger charge is -2.34. The van der Waals surface area contributed by atoms with Crippen LogP contribution in [0.4, 0.5) is 0 Å². The van der Waals surface area contributed by atoms with E-state index < -0.39 is 0 Å². The molecule has 0 aromatic carbocycles. The minimum atomic E-state index is -0.0762. The molecule has 0 amide bonds. The number of nitrogens with two attached hydrogens (primary N) is 1. The highest BCUT2D eigenvalue weighted by molar-refractivity contribution is 4.99. The van der Waals surface area contributed by atoms with Crippen molar-refractivity contribution in [1.82, 2.24) is 4.90 Å². The lowest BCUT2D eigenvalue weighted by molar-refractivity contribution is -0.0787. The Morgan fingerprint density at radius 2 is 1.93 bits per heavy atom. The molecule has 1 aliphatic rings. The fraction of sp³-hybridized carbons (Fsp3) is 1.00. The molecular weight excluding hydrogens is 188 g/mol. The van der Waals surface area contributed by atoms with E-state index in [-0.39, 0.29) is 17.2 Å². The lowest BCUT2D eigenvalue weighted by Crippen LogP contribution is -2.48. The van der Waals surface area contributed by atoms with Crippen LogP contribution in [0.3, 0.4) is 0 Å². The van der Waals surface area contributed by atoms with Crippen LogP contribution in [-0.2, 0) is 4.74 Å². The molecular formula is C12H26N2O. The molecule has 1 aliphatic heterocycles. The van der Waals surface area contributed by atoms with Gasteiger partial charge in [0.1, 0.15) is 0 Å². The van der Waals surface area contributed by atoms with Crippen LogP contribution in [0, 0.1) is 0 Å². The van der Waals surface area contributed by atoms with E-state index in [9.17, 15) is 0 Å². The summed E-state index contributed by atoms with van der Waals surface area (Å²) < 4.78 is 6.07. The molecule has 90 valence electrons. The number of hydrogen-bond donors (Lipinski definition) is 1. The van der Waals surface area contributed by atoms with Gasteiger partial charge < -0.3 is 10.5 Å². The zero-order valence-electron chi connectivity index (χ0n) is 11.0. The van der Waals surface area contributed by atoms with Crippen LogP contribution < -0.4 is 5.73 Å². The van der Waals surface area contributed by atoms with Crippen LogP contribution in [0.25, 0.3) is 0 Å². The molecule has 1 heterocycles. The summed E-state index contributed by atoms with van der Waals surface area (Å²) in [6.07, 6.45) is 1.07. The Labute approximate surface area is 94.0 Å². The molecule has 0 saturated carbocycles. The van der Waals surface area contributed by atoms with E-state index in [1.165, 1.54) is 0 Å². The summed E-state index contributed by atoms with van der Waals surface area (Å²) in [7, 11) is 2.14. The molecule has 0 bridgehead atoms. The second-order valence-electron chi connectivity index (χ2n) is 6.10. The van der Waals surface area contributed by atoms with E-state index in [1.807, 2.05) is 6.92 Å². The Hall–Kier alpha value is -0.120. The number of hydrogen-bond acceptors (Lipinski definition) is 3. The van der Waals surface area contributed by atoms with Gasteiger partial charge in [-0.25, -0.2) is 0 Å². The fourth-order valence-corrected chi connectivity index (χ4v) is 2.80. The number of rotatable bonds is 3. The minimum Gasteiger partial charge on any atom is -0.368 e. The highest BCUT2D eigenvalue weighted by atomic mass is 16.5. The lowest BCUT2D eigenvalue weighted by atomic mass is 9.93. The summed E-state index contributed by atoms with van der Waals surface area (Å²) in [4.78, 5) is 2.33. The van der Waals surface area contributed by atoms with Gasteiger partial charge >= 0.3 is 0 Å². The second-order valence-corrected chi connectivity index (χ2v) is 6.10. The normalized spacial score (nSPS) is 30.8. The van der Waals surface area contributed by atoms with Crippen molar-refractivity contribution in [3.63, 3.8) is 0 Å². The SMILES string of the molecule is CC(N)CN(C)C1CC(C)(C)OC1(C)C. The van der Waals surface area contributed by atoms with Crippen molar-refractivity contribution in [2.24, 2.45) is 5.73 Å². The molecule has 1 saturated heterocycles. The van der Waals surface area contributed by atoms with Crippen molar-refractivity contribution in [3.05, 3.63) is 0 Å². The molecule has 0 radical (unpaired) electrons. The smallest absolute Gasteiger partial charge is 0.0789 e. The molecule has 3 heteroatoms. The van der Waals surface area contributed by atoms with Crippen molar-refractivity contribution in [2.75, 3.05) is 13.6 Å². The van der Waals surface area contributed by atoms with E-state index in [2.05, 4.69) is 39.6 Å². The number of likely N-dealkylation sites (N-methyl/N-ethyl adjacent to an activating group) is 1. The van der Waals surface area contributed by atoms with E-state index in [1.54, 1.807) is 0 Å². The number of ether oxygens (including phenoxy) is 1. The first kappa shape index (κ1) is 12.9. The minimum absolute atomic E-state index is 0.0136. The summed E-state index contributed by atoms with van der Waals surface area (Å²) in [5.41, 5.74) is 5.74. The molecule has 2 N–H and O–H groups in total. The highest BCUT2D eigenvalue weighted by Crippen LogP contribution is 2.39. The molecule has 0 aromatic rings. The highest BCUT2D eigenvalue weighted by Gasteiger charge is 2.47. The van der Waals surface area contributed by atoms with Gasteiger partial charge in [0, 0.05) is 18.6 Å². The predicted molar refractivity (Wildman–Crippen MR) is 63.9 cm³/mol. The average Bonchev–Trinajstić information content (AvgIpc) is 2.17. The standard InChI is InChI=1S/C12H26N2O/c1-9(13)8-14(6)10-7-11(2,3)15-12(10,4)5/h9-10H,7-8,13H2,1-6H3. The first-order valence-electron chi connectivity index (χ1n) is 5.80. The molecule has 0 aliphatic carbocycles. The first-order valence-corrected chi connectivity index (χ1v) is 5.80. The predicted octanol–water partition coefficient (Wildman–Crippen LogP) is 1.61. The van der Waals surface area contributed by atoms with E-state index in [4.69, 9.17) is 10.5 Å². The Morgan fingerprint density at radius 3 is 2.27 bits per heavy atom. The van der Waals surface area contributed by atoms with Gasteiger partial charge in [-0.2, -0.15) is 0 Å².